The summed E-state index contributed by atoms with van der Waals surface area (Å²) in [6.07, 6.45) is 0. The van der Waals surface area contributed by atoms with Gasteiger partial charge in [0.25, 0.3) is 5.69 Å². The number of benzene rings is 1. The quantitative estimate of drug-likeness (QED) is 0.770. The van der Waals surface area contributed by atoms with Gasteiger partial charge in [-0.05, 0) is 35.3 Å². The van der Waals surface area contributed by atoms with Crippen molar-refractivity contribution in [3.63, 3.8) is 0 Å². The van der Waals surface area contributed by atoms with E-state index in [1.54, 1.807) is 14.2 Å². The van der Waals surface area contributed by atoms with Crippen molar-refractivity contribution in [1.29, 1.82) is 0 Å². The van der Waals surface area contributed by atoms with Crippen LogP contribution in [0.2, 0.25) is 5.02 Å². The van der Waals surface area contributed by atoms with E-state index in [0.717, 1.165) is 4.90 Å². The molecule has 0 aliphatic heterocycles. The summed E-state index contributed by atoms with van der Waals surface area (Å²) in [4.78, 5) is 0.890. The van der Waals surface area contributed by atoms with Gasteiger partial charge in [-0.15, -0.1) is 0 Å². The van der Waals surface area contributed by atoms with E-state index in [0.29, 0.717) is 5.02 Å². The van der Waals surface area contributed by atoms with Crippen LogP contribution in [0.25, 0.3) is 0 Å². The van der Waals surface area contributed by atoms with E-state index in [9.17, 15) is 0 Å². The zero-order valence-corrected chi connectivity index (χ0v) is 11.1. The average molecular weight is 269 g/mol. The van der Waals surface area contributed by atoms with Crippen LogP contribution >= 0.6 is 28.7 Å². The first-order valence-corrected chi connectivity index (χ1v) is 8.20. The van der Waals surface area contributed by atoms with Gasteiger partial charge in [-0.2, -0.15) is 0 Å². The van der Waals surface area contributed by atoms with Crippen molar-refractivity contribution >= 4 is 40.5 Å². The Kier molecular flexibility index (Phi) is 4.91. The third kappa shape index (κ3) is 3.23. The lowest BCUT2D eigenvalue weighted by atomic mass is 10.4. The highest BCUT2D eigenvalue weighted by atomic mass is 35.5. The lowest BCUT2D eigenvalue weighted by Gasteiger charge is -2.16. The molecule has 6 heteroatoms. The summed E-state index contributed by atoms with van der Waals surface area (Å²) >= 11 is 12.6. The van der Waals surface area contributed by atoms with Crippen molar-refractivity contribution < 1.29 is 9.05 Å². The standard InChI is InChI=1S/C8H10ClO2PS2/c1-10-12(13,11-2)14-8-6-4-3-5-7(8)9/h3-6H,1-2H3. The van der Waals surface area contributed by atoms with Crippen LogP contribution in [0.1, 0.15) is 0 Å². The van der Waals surface area contributed by atoms with Crippen molar-refractivity contribution in [3.8, 4) is 0 Å². The minimum atomic E-state index is -2.26. The van der Waals surface area contributed by atoms with E-state index in [-0.39, 0.29) is 0 Å². The highest BCUT2D eigenvalue weighted by Gasteiger charge is 2.18. The van der Waals surface area contributed by atoms with Crippen molar-refractivity contribution in [1.82, 2.24) is 0 Å². The summed E-state index contributed by atoms with van der Waals surface area (Å²) in [6, 6.07) is 7.48. The van der Waals surface area contributed by atoms with E-state index in [2.05, 4.69) is 0 Å². The summed E-state index contributed by atoms with van der Waals surface area (Å²) < 4.78 is 10.3. The van der Waals surface area contributed by atoms with Gasteiger partial charge < -0.3 is 9.05 Å². The molecule has 0 atom stereocenters. The molecule has 14 heavy (non-hydrogen) atoms. The van der Waals surface area contributed by atoms with Crippen LogP contribution in [0.5, 0.6) is 0 Å². The Labute approximate surface area is 97.9 Å². The Balaban J connectivity index is 2.88. The summed E-state index contributed by atoms with van der Waals surface area (Å²) in [5, 5.41) is 0.667. The van der Waals surface area contributed by atoms with E-state index in [1.165, 1.54) is 11.4 Å². The van der Waals surface area contributed by atoms with E-state index in [4.69, 9.17) is 32.5 Å². The Hall–Kier alpha value is 0.430. The molecule has 0 fully saturated rings. The zero-order chi connectivity index (χ0) is 10.6. The molecule has 0 amide bonds. The van der Waals surface area contributed by atoms with Crippen LogP contribution in [-0.2, 0) is 20.9 Å². The Morgan fingerprint density at radius 2 is 1.86 bits per heavy atom. The van der Waals surface area contributed by atoms with Gasteiger partial charge in [-0.1, -0.05) is 23.7 Å². The highest BCUT2D eigenvalue weighted by molar-refractivity contribution is 8.67. The summed E-state index contributed by atoms with van der Waals surface area (Å²) in [5.74, 6) is 0. The van der Waals surface area contributed by atoms with Crippen molar-refractivity contribution in [3.05, 3.63) is 29.3 Å². The maximum absolute atomic E-state index is 5.98. The van der Waals surface area contributed by atoms with Crippen molar-refractivity contribution in [2.45, 2.75) is 4.90 Å². The van der Waals surface area contributed by atoms with Gasteiger partial charge in [-0.3, -0.25) is 0 Å². The largest absolute Gasteiger partial charge is 0.325 e. The van der Waals surface area contributed by atoms with Crippen molar-refractivity contribution in [2.75, 3.05) is 14.2 Å². The zero-order valence-electron chi connectivity index (χ0n) is 7.77. The molecule has 0 unspecified atom stereocenters. The predicted molar refractivity (Wildman–Crippen MR) is 65.6 cm³/mol. The topological polar surface area (TPSA) is 18.5 Å². The Morgan fingerprint density at radius 1 is 1.29 bits per heavy atom. The first kappa shape index (κ1) is 12.5. The lowest BCUT2D eigenvalue weighted by Crippen LogP contribution is -1.83. The molecule has 0 N–H and O–H groups in total. The summed E-state index contributed by atoms with van der Waals surface area (Å²) in [7, 11) is 3.10. The molecule has 0 bridgehead atoms. The smallest absolute Gasteiger partial charge is 0.251 e. The van der Waals surface area contributed by atoms with Gasteiger partial charge in [0.1, 0.15) is 0 Å². The number of rotatable bonds is 4. The van der Waals surface area contributed by atoms with Gasteiger partial charge >= 0.3 is 0 Å². The maximum atomic E-state index is 5.98. The van der Waals surface area contributed by atoms with Crippen LogP contribution in [0.3, 0.4) is 0 Å². The fourth-order valence-electron chi connectivity index (χ4n) is 0.788. The molecule has 0 aliphatic rings. The first-order valence-electron chi connectivity index (χ1n) is 3.77. The Morgan fingerprint density at radius 3 is 2.36 bits per heavy atom. The fraction of sp³-hybridized carbons (Fsp3) is 0.250. The second kappa shape index (κ2) is 5.50. The molecule has 1 aromatic rings. The molecule has 0 heterocycles. The number of halogens is 1. The second-order valence-electron chi connectivity index (χ2n) is 2.33. The van der Waals surface area contributed by atoms with Crippen molar-refractivity contribution in [2.24, 2.45) is 0 Å². The van der Waals surface area contributed by atoms with E-state index >= 15 is 0 Å². The minimum absolute atomic E-state index is 0.667. The third-order valence-electron chi connectivity index (χ3n) is 1.49. The van der Waals surface area contributed by atoms with Crippen LogP contribution in [0.4, 0.5) is 0 Å². The molecule has 0 spiro atoms. The van der Waals surface area contributed by atoms with Gasteiger partial charge in [0.15, 0.2) is 0 Å². The third-order valence-corrected chi connectivity index (χ3v) is 7.33. The molecule has 1 rings (SSSR count). The van der Waals surface area contributed by atoms with Crippen LogP contribution in [-0.4, -0.2) is 14.2 Å². The SMILES string of the molecule is COP(=S)(OC)Sc1ccccc1Cl. The van der Waals surface area contributed by atoms with Gasteiger partial charge in [-0.25, -0.2) is 0 Å². The average Bonchev–Trinajstić information content (AvgIpc) is 2.21. The lowest BCUT2D eigenvalue weighted by molar-refractivity contribution is 0.354. The molecule has 0 aromatic heterocycles. The van der Waals surface area contributed by atoms with Crippen LogP contribution in [0.15, 0.2) is 29.2 Å². The molecule has 0 saturated heterocycles. The van der Waals surface area contributed by atoms with E-state index in [1.807, 2.05) is 24.3 Å². The van der Waals surface area contributed by atoms with Gasteiger partial charge in [0.2, 0.25) is 0 Å². The molecule has 78 valence electrons. The van der Waals surface area contributed by atoms with E-state index < -0.39 is 5.69 Å². The summed E-state index contributed by atoms with van der Waals surface area (Å²) in [6.45, 7) is 0. The predicted octanol–water partition coefficient (Wildman–Crippen LogP) is 3.95. The molecule has 2 nitrogen and oxygen atoms in total. The van der Waals surface area contributed by atoms with Crippen LogP contribution < -0.4 is 0 Å². The Bertz CT molecular complexity index is 351. The van der Waals surface area contributed by atoms with Gasteiger partial charge in [0, 0.05) is 19.1 Å². The molecule has 0 saturated carbocycles. The first-order chi connectivity index (χ1) is 6.61. The monoisotopic (exact) mass is 268 g/mol. The molecular formula is C8H10ClO2PS2. The fourth-order valence-corrected chi connectivity index (χ4v) is 4.41. The summed E-state index contributed by atoms with van der Waals surface area (Å²) in [5.41, 5.74) is -2.26. The van der Waals surface area contributed by atoms with Gasteiger partial charge in [0.05, 0.1) is 5.02 Å². The molecular weight excluding hydrogens is 259 g/mol. The molecule has 1 aromatic carbocycles. The van der Waals surface area contributed by atoms with Crippen LogP contribution in [0, 0.1) is 0 Å². The molecule has 0 radical (unpaired) electrons. The maximum Gasteiger partial charge on any atom is 0.251 e. The molecule has 0 aliphatic carbocycles. The number of hydrogen-bond donors (Lipinski definition) is 0. The normalized spacial score (nSPS) is 11.6. The second-order valence-corrected chi connectivity index (χ2v) is 9.11. The minimum Gasteiger partial charge on any atom is -0.325 e. The highest BCUT2D eigenvalue weighted by Crippen LogP contribution is 2.63. The number of hydrogen-bond acceptors (Lipinski definition) is 4.